The van der Waals surface area contributed by atoms with E-state index < -0.39 is 0 Å². The third kappa shape index (κ3) is 2.81. The number of hydrogen-bond donors (Lipinski definition) is 1. The van der Waals surface area contributed by atoms with Gasteiger partial charge in [0.25, 0.3) is 0 Å². The second kappa shape index (κ2) is 5.66. The van der Waals surface area contributed by atoms with Gasteiger partial charge in [-0.05, 0) is 66.7 Å². The first kappa shape index (κ1) is 13.8. The van der Waals surface area contributed by atoms with E-state index in [1.807, 2.05) is 0 Å². The summed E-state index contributed by atoms with van der Waals surface area (Å²) in [6.07, 6.45) is 0.878. The van der Waals surface area contributed by atoms with Gasteiger partial charge in [-0.1, -0.05) is 18.2 Å². The zero-order valence-electron chi connectivity index (χ0n) is 9.90. The van der Waals surface area contributed by atoms with Crippen molar-refractivity contribution in [3.05, 3.63) is 54.4 Å². The summed E-state index contributed by atoms with van der Waals surface area (Å²) < 4.78 is 3.52. The summed E-state index contributed by atoms with van der Waals surface area (Å²) in [6.45, 7) is 0. The lowest BCUT2D eigenvalue weighted by Crippen LogP contribution is -2.11. The van der Waals surface area contributed by atoms with Gasteiger partial charge in [-0.2, -0.15) is 0 Å². The van der Waals surface area contributed by atoms with Crippen LogP contribution in [0.1, 0.15) is 16.5 Å². The van der Waals surface area contributed by atoms with Crippen molar-refractivity contribution in [3.63, 3.8) is 0 Å². The molecule has 1 atom stereocenters. The van der Waals surface area contributed by atoms with Crippen LogP contribution >= 0.6 is 54.5 Å². The molecule has 2 aromatic heterocycles. The van der Waals surface area contributed by atoms with E-state index in [0.29, 0.717) is 0 Å². The van der Waals surface area contributed by atoms with Gasteiger partial charge in [0.2, 0.25) is 0 Å². The molecular weight excluding hydrogens is 406 g/mol. The molecule has 0 amide bonds. The number of benzene rings is 1. The van der Waals surface area contributed by atoms with Gasteiger partial charge in [0, 0.05) is 20.1 Å². The predicted molar refractivity (Wildman–Crippen MR) is 92.2 cm³/mol. The fourth-order valence-corrected chi connectivity index (χ4v) is 5.14. The van der Waals surface area contributed by atoms with E-state index in [-0.39, 0.29) is 6.04 Å². The SMILES string of the molecule is NC(Cc1csc2ccccc12)c1cc(Br)c(Br)s1. The fraction of sp³-hybridized carbons (Fsp3) is 0.143. The minimum atomic E-state index is 0.0469. The molecule has 19 heavy (non-hydrogen) atoms. The van der Waals surface area contributed by atoms with Crippen LogP contribution in [-0.4, -0.2) is 0 Å². The van der Waals surface area contributed by atoms with Gasteiger partial charge in [-0.3, -0.25) is 0 Å². The quantitative estimate of drug-likeness (QED) is 0.579. The summed E-state index contributed by atoms with van der Waals surface area (Å²) >= 11 is 10.5. The van der Waals surface area contributed by atoms with E-state index in [2.05, 4.69) is 67.6 Å². The zero-order chi connectivity index (χ0) is 13.4. The van der Waals surface area contributed by atoms with Gasteiger partial charge >= 0.3 is 0 Å². The van der Waals surface area contributed by atoms with Gasteiger partial charge in [0.05, 0.1) is 3.79 Å². The Hall–Kier alpha value is -0.200. The molecule has 1 aromatic carbocycles. The topological polar surface area (TPSA) is 26.0 Å². The third-order valence-corrected chi connectivity index (χ3v) is 7.43. The smallest absolute Gasteiger partial charge is 0.0843 e. The average molecular weight is 417 g/mol. The first-order valence-electron chi connectivity index (χ1n) is 5.80. The highest BCUT2D eigenvalue weighted by Crippen LogP contribution is 2.36. The highest BCUT2D eigenvalue weighted by molar-refractivity contribution is 9.13. The van der Waals surface area contributed by atoms with E-state index >= 15 is 0 Å². The van der Waals surface area contributed by atoms with Gasteiger partial charge < -0.3 is 5.73 Å². The van der Waals surface area contributed by atoms with Crippen LogP contribution in [0.15, 0.2) is 44.0 Å². The van der Waals surface area contributed by atoms with Gasteiger partial charge in [-0.25, -0.2) is 0 Å². The maximum atomic E-state index is 6.33. The lowest BCUT2D eigenvalue weighted by molar-refractivity contribution is 0.741. The summed E-state index contributed by atoms with van der Waals surface area (Å²) in [5.41, 5.74) is 7.67. The zero-order valence-corrected chi connectivity index (χ0v) is 14.7. The van der Waals surface area contributed by atoms with Crippen molar-refractivity contribution in [3.8, 4) is 0 Å². The molecule has 0 aliphatic carbocycles. The number of rotatable bonds is 3. The molecule has 1 nitrogen and oxygen atoms in total. The number of hydrogen-bond acceptors (Lipinski definition) is 3. The molecule has 5 heteroatoms. The van der Waals surface area contributed by atoms with Crippen molar-refractivity contribution >= 4 is 64.6 Å². The summed E-state index contributed by atoms with van der Waals surface area (Å²) in [5.74, 6) is 0. The molecule has 0 radical (unpaired) electrons. The van der Waals surface area contributed by atoms with E-state index in [4.69, 9.17) is 5.73 Å². The molecule has 2 heterocycles. The first-order chi connectivity index (χ1) is 9.15. The molecule has 0 aliphatic rings. The molecule has 0 bridgehead atoms. The molecule has 0 fully saturated rings. The molecular formula is C14H11Br2NS2. The molecule has 98 valence electrons. The highest BCUT2D eigenvalue weighted by atomic mass is 79.9. The molecule has 0 aliphatic heterocycles. The minimum Gasteiger partial charge on any atom is -0.323 e. The van der Waals surface area contributed by atoms with Gasteiger partial charge in [-0.15, -0.1) is 22.7 Å². The van der Waals surface area contributed by atoms with Crippen molar-refractivity contribution in [2.24, 2.45) is 5.73 Å². The van der Waals surface area contributed by atoms with Crippen molar-refractivity contribution in [2.45, 2.75) is 12.5 Å². The Morgan fingerprint density at radius 1 is 1.21 bits per heavy atom. The Morgan fingerprint density at radius 2 is 2.00 bits per heavy atom. The van der Waals surface area contributed by atoms with E-state index in [9.17, 15) is 0 Å². The number of halogens is 2. The molecule has 0 spiro atoms. The van der Waals surface area contributed by atoms with Crippen LogP contribution in [0.25, 0.3) is 10.1 Å². The number of thiophene rings is 2. The summed E-state index contributed by atoms with van der Waals surface area (Å²) in [4.78, 5) is 1.20. The molecule has 2 N–H and O–H groups in total. The van der Waals surface area contributed by atoms with Crippen LogP contribution in [0.4, 0.5) is 0 Å². The largest absolute Gasteiger partial charge is 0.323 e. The Morgan fingerprint density at radius 3 is 2.74 bits per heavy atom. The first-order valence-corrected chi connectivity index (χ1v) is 9.09. The predicted octanol–water partition coefficient (Wildman–Crippen LogP) is 5.73. The van der Waals surface area contributed by atoms with Crippen molar-refractivity contribution in [1.29, 1.82) is 0 Å². The summed E-state index contributed by atoms with van der Waals surface area (Å²) in [6, 6.07) is 10.7. The van der Waals surface area contributed by atoms with Crippen molar-refractivity contribution in [2.75, 3.05) is 0 Å². The Kier molecular flexibility index (Phi) is 4.10. The van der Waals surface area contributed by atoms with Crippen molar-refractivity contribution in [1.82, 2.24) is 0 Å². The highest BCUT2D eigenvalue weighted by Gasteiger charge is 2.14. The number of fused-ring (bicyclic) bond motifs is 1. The Bertz CT molecular complexity index is 698. The van der Waals surface area contributed by atoms with E-state index in [1.54, 1.807) is 22.7 Å². The van der Waals surface area contributed by atoms with Crippen molar-refractivity contribution < 1.29 is 0 Å². The monoisotopic (exact) mass is 415 g/mol. The molecule has 3 aromatic rings. The minimum absolute atomic E-state index is 0.0469. The third-order valence-electron chi connectivity index (χ3n) is 3.03. The van der Waals surface area contributed by atoms with Crippen LogP contribution in [0.3, 0.4) is 0 Å². The summed E-state index contributed by atoms with van der Waals surface area (Å²) in [7, 11) is 0. The van der Waals surface area contributed by atoms with E-state index in [1.165, 1.54) is 20.5 Å². The Labute approximate surface area is 136 Å². The van der Waals surface area contributed by atoms with Crippen LogP contribution in [0.5, 0.6) is 0 Å². The van der Waals surface area contributed by atoms with E-state index in [0.717, 1.165) is 14.7 Å². The molecule has 0 saturated carbocycles. The molecule has 3 rings (SSSR count). The van der Waals surface area contributed by atoms with Crippen LogP contribution in [0.2, 0.25) is 0 Å². The Balaban J connectivity index is 1.88. The van der Waals surface area contributed by atoms with Crippen LogP contribution in [-0.2, 0) is 6.42 Å². The average Bonchev–Trinajstić information content (AvgIpc) is 2.95. The maximum absolute atomic E-state index is 6.33. The standard InChI is InChI=1S/C14H11Br2NS2/c15-10-6-13(19-14(10)16)11(17)5-8-7-18-12-4-2-1-3-9(8)12/h1-4,6-7,11H,5,17H2. The lowest BCUT2D eigenvalue weighted by atomic mass is 10.0. The maximum Gasteiger partial charge on any atom is 0.0843 e. The van der Waals surface area contributed by atoms with Crippen LogP contribution < -0.4 is 5.73 Å². The summed E-state index contributed by atoms with van der Waals surface area (Å²) in [5, 5.41) is 3.56. The second-order valence-corrected chi connectivity index (χ2v) is 8.51. The number of nitrogens with two attached hydrogens (primary N) is 1. The lowest BCUT2D eigenvalue weighted by Gasteiger charge is -2.08. The fourth-order valence-electron chi connectivity index (χ4n) is 2.07. The normalized spacial score (nSPS) is 13.0. The van der Waals surface area contributed by atoms with Gasteiger partial charge in [0.15, 0.2) is 0 Å². The second-order valence-electron chi connectivity index (χ2n) is 4.34. The van der Waals surface area contributed by atoms with Gasteiger partial charge in [0.1, 0.15) is 0 Å². The molecule has 0 saturated heterocycles. The van der Waals surface area contributed by atoms with Crippen LogP contribution in [0, 0.1) is 0 Å². The molecule has 1 unspecified atom stereocenters.